The minimum atomic E-state index is 0.0717. The average Bonchev–Trinajstić information content (AvgIpc) is 2.27. The summed E-state index contributed by atoms with van der Waals surface area (Å²) in [4.78, 5) is 0. The highest BCUT2D eigenvalue weighted by Crippen LogP contribution is 2.21. The lowest BCUT2D eigenvalue weighted by atomic mass is 9.90. The standard InChI is InChI=1S/C13H19N/c1-4-10(2)13(14)11(3)12-8-6-5-7-9-12/h5-10,13H,3-4,14H2,1-2H3/t10-,13-/m0/s1. The summed E-state index contributed by atoms with van der Waals surface area (Å²) in [5.41, 5.74) is 8.30. The maximum absolute atomic E-state index is 6.10. The molecule has 76 valence electrons. The molecule has 1 rings (SSSR count). The number of benzene rings is 1. The van der Waals surface area contributed by atoms with Gasteiger partial charge in [-0.25, -0.2) is 0 Å². The van der Waals surface area contributed by atoms with Crippen molar-refractivity contribution >= 4 is 5.57 Å². The molecular weight excluding hydrogens is 170 g/mol. The van der Waals surface area contributed by atoms with Gasteiger partial charge in [0.15, 0.2) is 0 Å². The zero-order valence-corrected chi connectivity index (χ0v) is 9.03. The second-order valence-corrected chi connectivity index (χ2v) is 3.80. The monoisotopic (exact) mass is 189 g/mol. The fraction of sp³-hybridized carbons (Fsp3) is 0.385. The Morgan fingerprint density at radius 1 is 1.36 bits per heavy atom. The Kier molecular flexibility index (Phi) is 3.90. The molecular formula is C13H19N. The van der Waals surface area contributed by atoms with Crippen molar-refractivity contribution in [2.75, 3.05) is 0 Å². The van der Waals surface area contributed by atoms with Gasteiger partial charge in [0.2, 0.25) is 0 Å². The quantitative estimate of drug-likeness (QED) is 0.774. The molecule has 0 amide bonds. The Hall–Kier alpha value is -1.08. The van der Waals surface area contributed by atoms with E-state index in [2.05, 4.69) is 32.6 Å². The van der Waals surface area contributed by atoms with E-state index in [4.69, 9.17) is 5.73 Å². The zero-order valence-electron chi connectivity index (χ0n) is 9.03. The van der Waals surface area contributed by atoms with Crippen LogP contribution in [0.4, 0.5) is 0 Å². The predicted octanol–water partition coefficient (Wildman–Crippen LogP) is 3.07. The Balaban J connectivity index is 2.76. The molecule has 0 saturated heterocycles. The van der Waals surface area contributed by atoms with E-state index in [0.29, 0.717) is 5.92 Å². The van der Waals surface area contributed by atoms with Gasteiger partial charge in [0.25, 0.3) is 0 Å². The Bertz CT molecular complexity index is 289. The lowest BCUT2D eigenvalue weighted by molar-refractivity contribution is 0.513. The van der Waals surface area contributed by atoms with Crippen LogP contribution in [0, 0.1) is 5.92 Å². The average molecular weight is 189 g/mol. The molecule has 0 heterocycles. The van der Waals surface area contributed by atoms with Gasteiger partial charge in [0, 0.05) is 6.04 Å². The molecule has 0 unspecified atom stereocenters. The highest BCUT2D eigenvalue weighted by atomic mass is 14.6. The van der Waals surface area contributed by atoms with E-state index in [9.17, 15) is 0 Å². The fourth-order valence-electron chi connectivity index (χ4n) is 1.44. The number of rotatable bonds is 4. The van der Waals surface area contributed by atoms with Crippen LogP contribution in [0.5, 0.6) is 0 Å². The maximum Gasteiger partial charge on any atom is 0.0320 e. The first kappa shape index (κ1) is 11.0. The van der Waals surface area contributed by atoms with Gasteiger partial charge < -0.3 is 5.73 Å². The molecule has 0 spiro atoms. The molecule has 0 aliphatic rings. The van der Waals surface area contributed by atoms with Crippen LogP contribution >= 0.6 is 0 Å². The van der Waals surface area contributed by atoms with Crippen molar-refractivity contribution in [3.8, 4) is 0 Å². The van der Waals surface area contributed by atoms with Gasteiger partial charge in [0.05, 0.1) is 0 Å². The van der Waals surface area contributed by atoms with E-state index < -0.39 is 0 Å². The molecule has 0 aliphatic carbocycles. The number of hydrogen-bond donors (Lipinski definition) is 1. The summed E-state index contributed by atoms with van der Waals surface area (Å²) in [6, 6.07) is 10.2. The van der Waals surface area contributed by atoms with Crippen molar-refractivity contribution in [1.29, 1.82) is 0 Å². The molecule has 0 aliphatic heterocycles. The second kappa shape index (κ2) is 4.97. The lowest BCUT2D eigenvalue weighted by Crippen LogP contribution is -2.28. The van der Waals surface area contributed by atoms with Crippen LogP contribution in [-0.4, -0.2) is 6.04 Å². The third kappa shape index (κ3) is 2.46. The van der Waals surface area contributed by atoms with Crippen LogP contribution in [-0.2, 0) is 0 Å². The van der Waals surface area contributed by atoms with E-state index in [0.717, 1.165) is 17.6 Å². The molecule has 1 aromatic carbocycles. The topological polar surface area (TPSA) is 26.0 Å². The summed E-state index contributed by atoms with van der Waals surface area (Å²) >= 11 is 0. The Morgan fingerprint density at radius 3 is 2.43 bits per heavy atom. The second-order valence-electron chi connectivity index (χ2n) is 3.80. The number of nitrogens with two attached hydrogens (primary N) is 1. The SMILES string of the molecule is C=C(c1ccccc1)[C@@H](N)[C@@H](C)CC. The lowest BCUT2D eigenvalue weighted by Gasteiger charge is -2.20. The van der Waals surface area contributed by atoms with Crippen LogP contribution in [0.1, 0.15) is 25.8 Å². The van der Waals surface area contributed by atoms with Crippen molar-refractivity contribution in [2.24, 2.45) is 11.7 Å². The zero-order chi connectivity index (χ0) is 10.6. The van der Waals surface area contributed by atoms with Crippen LogP contribution in [0.3, 0.4) is 0 Å². The van der Waals surface area contributed by atoms with Gasteiger partial charge >= 0.3 is 0 Å². The van der Waals surface area contributed by atoms with Crippen molar-refractivity contribution in [3.05, 3.63) is 42.5 Å². The smallest absolute Gasteiger partial charge is 0.0320 e. The molecule has 0 radical (unpaired) electrons. The van der Waals surface area contributed by atoms with E-state index in [1.54, 1.807) is 0 Å². The molecule has 0 bridgehead atoms. The third-order valence-electron chi connectivity index (χ3n) is 2.80. The van der Waals surface area contributed by atoms with Gasteiger partial charge in [-0.1, -0.05) is 57.2 Å². The molecule has 2 N–H and O–H groups in total. The minimum Gasteiger partial charge on any atom is -0.324 e. The van der Waals surface area contributed by atoms with Gasteiger partial charge in [-0.2, -0.15) is 0 Å². The summed E-state index contributed by atoms with van der Waals surface area (Å²) in [6.07, 6.45) is 1.09. The first-order valence-electron chi connectivity index (χ1n) is 5.16. The summed E-state index contributed by atoms with van der Waals surface area (Å²) in [5, 5.41) is 0. The van der Waals surface area contributed by atoms with Crippen molar-refractivity contribution in [2.45, 2.75) is 26.3 Å². The highest BCUT2D eigenvalue weighted by Gasteiger charge is 2.14. The van der Waals surface area contributed by atoms with Crippen LogP contribution in [0.25, 0.3) is 5.57 Å². The molecule has 0 saturated carbocycles. The third-order valence-corrected chi connectivity index (χ3v) is 2.80. The van der Waals surface area contributed by atoms with E-state index in [1.807, 2.05) is 18.2 Å². The summed E-state index contributed by atoms with van der Waals surface area (Å²) in [5.74, 6) is 0.489. The van der Waals surface area contributed by atoms with Gasteiger partial charge in [-0.3, -0.25) is 0 Å². The molecule has 0 fully saturated rings. The van der Waals surface area contributed by atoms with Crippen molar-refractivity contribution in [1.82, 2.24) is 0 Å². The maximum atomic E-state index is 6.10. The van der Waals surface area contributed by atoms with E-state index >= 15 is 0 Å². The molecule has 1 aromatic rings. The summed E-state index contributed by atoms with van der Waals surface area (Å²) < 4.78 is 0. The van der Waals surface area contributed by atoms with Crippen LogP contribution < -0.4 is 5.73 Å². The fourth-order valence-corrected chi connectivity index (χ4v) is 1.44. The van der Waals surface area contributed by atoms with E-state index in [1.165, 1.54) is 0 Å². The molecule has 1 nitrogen and oxygen atoms in total. The van der Waals surface area contributed by atoms with Crippen LogP contribution in [0.15, 0.2) is 36.9 Å². The van der Waals surface area contributed by atoms with Crippen LogP contribution in [0.2, 0.25) is 0 Å². The molecule has 1 heteroatoms. The van der Waals surface area contributed by atoms with Gasteiger partial charge in [0.1, 0.15) is 0 Å². The first-order chi connectivity index (χ1) is 6.66. The Morgan fingerprint density at radius 2 is 1.93 bits per heavy atom. The largest absolute Gasteiger partial charge is 0.324 e. The summed E-state index contributed by atoms with van der Waals surface area (Å²) in [7, 11) is 0. The van der Waals surface area contributed by atoms with E-state index in [-0.39, 0.29) is 6.04 Å². The molecule has 14 heavy (non-hydrogen) atoms. The number of hydrogen-bond acceptors (Lipinski definition) is 1. The highest BCUT2D eigenvalue weighted by molar-refractivity contribution is 5.67. The predicted molar refractivity (Wildman–Crippen MR) is 62.9 cm³/mol. The first-order valence-corrected chi connectivity index (χ1v) is 5.16. The van der Waals surface area contributed by atoms with Crippen molar-refractivity contribution in [3.63, 3.8) is 0 Å². The van der Waals surface area contributed by atoms with Gasteiger partial charge in [-0.05, 0) is 17.1 Å². The minimum absolute atomic E-state index is 0.0717. The summed E-state index contributed by atoms with van der Waals surface area (Å²) in [6.45, 7) is 8.39. The Labute approximate surface area is 86.6 Å². The normalized spacial score (nSPS) is 14.8. The van der Waals surface area contributed by atoms with Crippen molar-refractivity contribution < 1.29 is 0 Å². The van der Waals surface area contributed by atoms with Gasteiger partial charge in [-0.15, -0.1) is 0 Å². The molecule has 0 aromatic heterocycles. The molecule has 2 atom stereocenters.